The van der Waals surface area contributed by atoms with Crippen molar-refractivity contribution in [2.75, 3.05) is 29.9 Å². The van der Waals surface area contributed by atoms with Crippen molar-refractivity contribution in [1.29, 1.82) is 0 Å². The molecule has 2 aliphatic heterocycles. The van der Waals surface area contributed by atoms with Crippen molar-refractivity contribution in [2.45, 2.75) is 45.1 Å². The third-order valence-corrected chi connectivity index (χ3v) is 5.83. The molecule has 0 aliphatic carbocycles. The molecule has 29 heavy (non-hydrogen) atoms. The molecule has 5 nitrogen and oxygen atoms in total. The minimum absolute atomic E-state index is 0.123. The van der Waals surface area contributed by atoms with Crippen LogP contribution in [-0.4, -0.2) is 36.3 Å². The summed E-state index contributed by atoms with van der Waals surface area (Å²) in [4.78, 5) is 28.8. The predicted octanol–water partition coefficient (Wildman–Crippen LogP) is 4.44. The van der Waals surface area contributed by atoms with Crippen LogP contribution in [0.5, 0.6) is 0 Å². The van der Waals surface area contributed by atoms with E-state index in [0.717, 1.165) is 37.3 Å². The quantitative estimate of drug-likeness (QED) is 0.820. The van der Waals surface area contributed by atoms with Gasteiger partial charge in [0.25, 0.3) is 5.91 Å². The Balaban J connectivity index is 1.38. The van der Waals surface area contributed by atoms with Crippen LogP contribution in [0.25, 0.3) is 0 Å². The van der Waals surface area contributed by atoms with E-state index < -0.39 is 0 Å². The first kappa shape index (κ1) is 19.5. The van der Waals surface area contributed by atoms with Gasteiger partial charge in [-0.3, -0.25) is 9.59 Å². The molecule has 2 amide bonds. The SMILES string of the molecule is O=C(Nc1ccc(N2CCCCCC2)cc1)c1cccc(CN2CCCC2=O)c1. The number of nitrogens with zero attached hydrogens (tertiary/aromatic N) is 2. The number of amides is 2. The highest BCUT2D eigenvalue weighted by atomic mass is 16.2. The Morgan fingerprint density at radius 2 is 1.66 bits per heavy atom. The van der Waals surface area contributed by atoms with Gasteiger partial charge < -0.3 is 15.1 Å². The van der Waals surface area contributed by atoms with Crippen LogP contribution in [0, 0.1) is 0 Å². The average molecular weight is 392 g/mol. The van der Waals surface area contributed by atoms with Crippen molar-refractivity contribution in [3.63, 3.8) is 0 Å². The fourth-order valence-electron chi connectivity index (χ4n) is 4.19. The van der Waals surface area contributed by atoms with E-state index in [4.69, 9.17) is 0 Å². The molecule has 1 N–H and O–H groups in total. The summed E-state index contributed by atoms with van der Waals surface area (Å²) in [6.07, 6.45) is 6.68. The lowest BCUT2D eigenvalue weighted by Crippen LogP contribution is -2.24. The molecule has 0 aromatic heterocycles. The lowest BCUT2D eigenvalue weighted by atomic mass is 10.1. The van der Waals surface area contributed by atoms with Crippen molar-refractivity contribution < 1.29 is 9.59 Å². The van der Waals surface area contributed by atoms with Crippen molar-refractivity contribution in [3.8, 4) is 0 Å². The standard InChI is InChI=1S/C24H29N3O2/c28-23-9-6-16-27(23)18-19-7-5-8-20(17-19)24(29)25-21-10-12-22(13-11-21)26-14-3-1-2-4-15-26/h5,7-8,10-13,17H,1-4,6,9,14-16,18H2,(H,25,29). The molecule has 0 unspecified atom stereocenters. The minimum atomic E-state index is -0.123. The summed E-state index contributed by atoms with van der Waals surface area (Å²) in [5.41, 5.74) is 3.63. The Kier molecular flexibility index (Phi) is 6.13. The maximum absolute atomic E-state index is 12.7. The number of anilines is 2. The lowest BCUT2D eigenvalue weighted by molar-refractivity contribution is -0.128. The largest absolute Gasteiger partial charge is 0.372 e. The summed E-state index contributed by atoms with van der Waals surface area (Å²) in [7, 11) is 0. The summed E-state index contributed by atoms with van der Waals surface area (Å²) in [6, 6.07) is 15.7. The van der Waals surface area contributed by atoms with Crippen molar-refractivity contribution >= 4 is 23.2 Å². The number of rotatable bonds is 5. The highest BCUT2D eigenvalue weighted by Crippen LogP contribution is 2.22. The number of benzene rings is 2. The zero-order valence-electron chi connectivity index (χ0n) is 16.9. The topological polar surface area (TPSA) is 52.7 Å². The van der Waals surface area contributed by atoms with Gasteiger partial charge in [0.15, 0.2) is 0 Å². The van der Waals surface area contributed by atoms with E-state index in [0.29, 0.717) is 18.5 Å². The maximum Gasteiger partial charge on any atom is 0.255 e. The average Bonchev–Trinajstić information content (AvgIpc) is 2.97. The molecular weight excluding hydrogens is 362 g/mol. The van der Waals surface area contributed by atoms with Crippen LogP contribution in [-0.2, 0) is 11.3 Å². The summed E-state index contributed by atoms with van der Waals surface area (Å²) in [5, 5.41) is 2.99. The molecule has 2 aliphatic rings. The molecule has 2 saturated heterocycles. The first-order valence-corrected chi connectivity index (χ1v) is 10.7. The zero-order valence-corrected chi connectivity index (χ0v) is 16.9. The molecule has 0 atom stereocenters. The van der Waals surface area contributed by atoms with Crippen LogP contribution in [0.15, 0.2) is 48.5 Å². The van der Waals surface area contributed by atoms with Gasteiger partial charge in [-0.2, -0.15) is 0 Å². The van der Waals surface area contributed by atoms with E-state index in [9.17, 15) is 9.59 Å². The molecule has 152 valence electrons. The molecule has 4 rings (SSSR count). The molecule has 2 aromatic rings. The van der Waals surface area contributed by atoms with Gasteiger partial charge in [-0.05, 0) is 61.2 Å². The van der Waals surface area contributed by atoms with Crippen LogP contribution >= 0.6 is 0 Å². The number of nitrogens with one attached hydrogen (secondary N) is 1. The number of carbonyl (C=O) groups excluding carboxylic acids is 2. The van der Waals surface area contributed by atoms with E-state index in [1.165, 1.54) is 31.4 Å². The molecule has 0 saturated carbocycles. The van der Waals surface area contributed by atoms with Crippen LogP contribution in [0.1, 0.15) is 54.4 Å². The zero-order chi connectivity index (χ0) is 20.1. The molecule has 2 aromatic carbocycles. The van der Waals surface area contributed by atoms with E-state index in [1.807, 2.05) is 41.3 Å². The van der Waals surface area contributed by atoms with Crippen LogP contribution in [0.3, 0.4) is 0 Å². The Morgan fingerprint density at radius 1 is 0.897 bits per heavy atom. The van der Waals surface area contributed by atoms with E-state index in [-0.39, 0.29) is 11.8 Å². The second kappa shape index (κ2) is 9.12. The predicted molar refractivity (Wildman–Crippen MR) is 116 cm³/mol. The van der Waals surface area contributed by atoms with Crippen LogP contribution in [0.2, 0.25) is 0 Å². The highest BCUT2D eigenvalue weighted by Gasteiger charge is 2.20. The second-order valence-electron chi connectivity index (χ2n) is 8.02. The Bertz CT molecular complexity index is 855. The first-order valence-electron chi connectivity index (χ1n) is 10.7. The first-order chi connectivity index (χ1) is 14.2. The van der Waals surface area contributed by atoms with Gasteiger partial charge >= 0.3 is 0 Å². The normalized spacial score (nSPS) is 17.3. The number of likely N-dealkylation sites (tertiary alicyclic amines) is 1. The monoisotopic (exact) mass is 391 g/mol. The number of carbonyl (C=O) groups is 2. The van der Waals surface area contributed by atoms with Gasteiger partial charge in [-0.1, -0.05) is 25.0 Å². The van der Waals surface area contributed by atoms with Crippen LogP contribution < -0.4 is 10.2 Å². The second-order valence-corrected chi connectivity index (χ2v) is 8.02. The molecule has 2 heterocycles. The summed E-state index contributed by atoms with van der Waals surface area (Å²) < 4.78 is 0. The molecule has 2 fully saturated rings. The highest BCUT2D eigenvalue weighted by molar-refractivity contribution is 6.04. The fourth-order valence-corrected chi connectivity index (χ4v) is 4.19. The van der Waals surface area contributed by atoms with E-state index in [2.05, 4.69) is 22.3 Å². The lowest BCUT2D eigenvalue weighted by Gasteiger charge is -2.22. The third kappa shape index (κ3) is 4.97. The van der Waals surface area contributed by atoms with Crippen LogP contribution in [0.4, 0.5) is 11.4 Å². The number of hydrogen-bond donors (Lipinski definition) is 1. The molecular formula is C24H29N3O2. The summed E-state index contributed by atoms with van der Waals surface area (Å²) in [5.74, 6) is 0.0754. The van der Waals surface area contributed by atoms with Gasteiger partial charge in [0.1, 0.15) is 0 Å². The van der Waals surface area contributed by atoms with Gasteiger partial charge in [0.2, 0.25) is 5.91 Å². The van der Waals surface area contributed by atoms with Gasteiger partial charge in [0, 0.05) is 49.5 Å². The van der Waals surface area contributed by atoms with Crippen molar-refractivity contribution in [3.05, 3.63) is 59.7 Å². The third-order valence-electron chi connectivity index (χ3n) is 5.83. The molecule has 0 bridgehead atoms. The molecule has 0 spiro atoms. The molecule has 5 heteroatoms. The minimum Gasteiger partial charge on any atom is -0.372 e. The summed E-state index contributed by atoms with van der Waals surface area (Å²) in [6.45, 7) is 3.60. The number of hydrogen-bond acceptors (Lipinski definition) is 3. The van der Waals surface area contributed by atoms with Gasteiger partial charge in [-0.15, -0.1) is 0 Å². The smallest absolute Gasteiger partial charge is 0.255 e. The van der Waals surface area contributed by atoms with Gasteiger partial charge in [0.05, 0.1) is 0 Å². The maximum atomic E-state index is 12.7. The van der Waals surface area contributed by atoms with E-state index >= 15 is 0 Å². The van der Waals surface area contributed by atoms with Gasteiger partial charge in [-0.25, -0.2) is 0 Å². The Morgan fingerprint density at radius 3 is 2.34 bits per heavy atom. The van der Waals surface area contributed by atoms with Crippen molar-refractivity contribution in [1.82, 2.24) is 4.90 Å². The fraction of sp³-hybridized carbons (Fsp3) is 0.417. The Hall–Kier alpha value is -2.82. The Labute approximate surface area is 172 Å². The van der Waals surface area contributed by atoms with Crippen molar-refractivity contribution in [2.24, 2.45) is 0 Å². The van der Waals surface area contributed by atoms with E-state index in [1.54, 1.807) is 0 Å². The molecule has 0 radical (unpaired) electrons. The summed E-state index contributed by atoms with van der Waals surface area (Å²) >= 11 is 0.